The van der Waals surface area contributed by atoms with Crippen LogP contribution in [0.4, 0.5) is 0 Å². The zero-order valence-electron chi connectivity index (χ0n) is 11.4. The highest BCUT2D eigenvalue weighted by Crippen LogP contribution is 2.27. The van der Waals surface area contributed by atoms with Gasteiger partial charge in [-0.2, -0.15) is 0 Å². The molecule has 0 bridgehead atoms. The van der Waals surface area contributed by atoms with E-state index in [4.69, 9.17) is 10.9 Å². The molecule has 0 aromatic carbocycles. The maximum atomic E-state index is 8.68. The summed E-state index contributed by atoms with van der Waals surface area (Å²) < 4.78 is 0. The lowest BCUT2D eigenvalue weighted by Crippen LogP contribution is -2.39. The molecule has 4 nitrogen and oxygen atoms in total. The van der Waals surface area contributed by atoms with E-state index in [1.807, 2.05) is 0 Å². The van der Waals surface area contributed by atoms with Crippen LogP contribution in [-0.4, -0.2) is 35.6 Å². The molecule has 104 valence electrons. The Hall–Kier alpha value is -0.770. The Balaban J connectivity index is 1.64. The van der Waals surface area contributed by atoms with Crippen molar-refractivity contribution in [2.45, 2.75) is 51.4 Å². The third-order valence-corrected chi connectivity index (χ3v) is 4.70. The highest BCUT2D eigenvalue weighted by molar-refractivity contribution is 5.82. The van der Waals surface area contributed by atoms with E-state index in [0.29, 0.717) is 11.8 Å². The van der Waals surface area contributed by atoms with Crippen molar-refractivity contribution < 1.29 is 5.21 Å². The van der Waals surface area contributed by atoms with E-state index in [1.165, 1.54) is 45.1 Å². The van der Waals surface area contributed by atoms with Gasteiger partial charge in [0.1, 0.15) is 5.84 Å². The van der Waals surface area contributed by atoms with E-state index in [9.17, 15) is 0 Å². The van der Waals surface area contributed by atoms with Gasteiger partial charge in [-0.05, 0) is 44.8 Å². The molecule has 4 heteroatoms. The fourth-order valence-electron chi connectivity index (χ4n) is 3.37. The highest BCUT2D eigenvalue weighted by Gasteiger charge is 2.23. The molecule has 2 rings (SSSR count). The number of nitrogens with zero attached hydrogens (tertiary/aromatic N) is 2. The summed E-state index contributed by atoms with van der Waals surface area (Å²) in [5, 5.41) is 11.8. The quantitative estimate of drug-likeness (QED) is 0.350. The van der Waals surface area contributed by atoms with Gasteiger partial charge in [-0.15, -0.1) is 0 Å². The van der Waals surface area contributed by atoms with Crippen LogP contribution in [0, 0.1) is 11.8 Å². The van der Waals surface area contributed by atoms with Gasteiger partial charge in [0.05, 0.1) is 0 Å². The van der Waals surface area contributed by atoms with Crippen molar-refractivity contribution in [2.24, 2.45) is 22.7 Å². The van der Waals surface area contributed by atoms with E-state index in [-0.39, 0.29) is 0 Å². The van der Waals surface area contributed by atoms with Crippen molar-refractivity contribution in [2.75, 3.05) is 19.6 Å². The minimum absolute atomic E-state index is 0.293. The third kappa shape index (κ3) is 3.87. The fourth-order valence-corrected chi connectivity index (χ4v) is 3.37. The monoisotopic (exact) mass is 253 g/mol. The molecule has 0 amide bonds. The van der Waals surface area contributed by atoms with Gasteiger partial charge < -0.3 is 15.8 Å². The summed E-state index contributed by atoms with van der Waals surface area (Å²) >= 11 is 0. The van der Waals surface area contributed by atoms with Crippen LogP contribution in [-0.2, 0) is 0 Å². The van der Waals surface area contributed by atoms with Crippen LogP contribution in [0.5, 0.6) is 0 Å². The summed E-state index contributed by atoms with van der Waals surface area (Å²) in [5.74, 6) is 1.68. The Labute approximate surface area is 110 Å². The molecule has 1 saturated heterocycles. The first-order chi connectivity index (χ1) is 8.79. The average Bonchev–Trinajstić information content (AvgIpc) is 2.46. The maximum Gasteiger partial charge on any atom is 0.142 e. The predicted molar refractivity (Wildman–Crippen MR) is 73.8 cm³/mol. The first kappa shape index (κ1) is 13.7. The van der Waals surface area contributed by atoms with E-state index >= 15 is 0 Å². The van der Waals surface area contributed by atoms with Crippen LogP contribution in [0.3, 0.4) is 0 Å². The fraction of sp³-hybridized carbons (Fsp3) is 0.929. The second-order valence-electron chi connectivity index (χ2n) is 5.93. The van der Waals surface area contributed by atoms with Gasteiger partial charge in [-0.25, -0.2) is 0 Å². The topological polar surface area (TPSA) is 61.9 Å². The predicted octanol–water partition coefficient (Wildman–Crippen LogP) is 2.42. The molecule has 3 N–H and O–H groups in total. The number of rotatable bonds is 4. The standard InChI is InChI=1S/C14H27N3O/c15-14(16-18)13-7-10-17(11-8-13)9-6-12-4-2-1-3-5-12/h12-13,18H,1-11H2,(H2,15,16). The normalized spacial score (nSPS) is 25.4. The zero-order valence-corrected chi connectivity index (χ0v) is 11.4. The minimum Gasteiger partial charge on any atom is -0.409 e. The largest absolute Gasteiger partial charge is 0.409 e. The average molecular weight is 253 g/mol. The molecule has 1 saturated carbocycles. The number of hydrogen-bond acceptors (Lipinski definition) is 3. The number of oxime groups is 1. The molecule has 1 heterocycles. The van der Waals surface area contributed by atoms with Gasteiger partial charge in [-0.3, -0.25) is 0 Å². The Morgan fingerprint density at radius 3 is 2.39 bits per heavy atom. The van der Waals surface area contributed by atoms with Crippen LogP contribution in [0.25, 0.3) is 0 Å². The summed E-state index contributed by atoms with van der Waals surface area (Å²) in [7, 11) is 0. The van der Waals surface area contributed by atoms with Crippen molar-refractivity contribution in [3.63, 3.8) is 0 Å². The Morgan fingerprint density at radius 1 is 1.11 bits per heavy atom. The van der Waals surface area contributed by atoms with Gasteiger partial charge in [0.2, 0.25) is 0 Å². The number of likely N-dealkylation sites (tertiary alicyclic amines) is 1. The zero-order chi connectivity index (χ0) is 12.8. The molecule has 2 aliphatic rings. The van der Waals surface area contributed by atoms with Crippen molar-refractivity contribution in [1.82, 2.24) is 4.90 Å². The third-order valence-electron chi connectivity index (χ3n) is 4.70. The number of hydrogen-bond donors (Lipinski definition) is 2. The van der Waals surface area contributed by atoms with E-state index in [1.54, 1.807) is 0 Å². The molecule has 0 aromatic rings. The van der Waals surface area contributed by atoms with Gasteiger partial charge in [0.15, 0.2) is 0 Å². The summed E-state index contributed by atoms with van der Waals surface area (Å²) in [6.45, 7) is 3.45. The maximum absolute atomic E-state index is 8.68. The van der Waals surface area contributed by atoms with Crippen molar-refractivity contribution in [1.29, 1.82) is 0 Å². The Morgan fingerprint density at radius 2 is 1.78 bits per heavy atom. The summed E-state index contributed by atoms with van der Waals surface area (Å²) in [6, 6.07) is 0. The number of nitrogens with two attached hydrogens (primary N) is 1. The molecule has 0 radical (unpaired) electrons. The first-order valence-electron chi connectivity index (χ1n) is 7.49. The van der Waals surface area contributed by atoms with Crippen molar-refractivity contribution in [3.05, 3.63) is 0 Å². The molecule has 0 aromatic heterocycles. The lowest BCUT2D eigenvalue weighted by molar-refractivity contribution is 0.184. The van der Waals surface area contributed by atoms with Crippen molar-refractivity contribution in [3.8, 4) is 0 Å². The van der Waals surface area contributed by atoms with Gasteiger partial charge >= 0.3 is 0 Å². The van der Waals surface area contributed by atoms with E-state index < -0.39 is 0 Å². The second kappa shape index (κ2) is 6.98. The SMILES string of the molecule is NC(=NO)C1CCN(CCC2CCCCC2)CC1. The number of amidine groups is 1. The molecular formula is C14H27N3O. The van der Waals surface area contributed by atoms with Crippen LogP contribution < -0.4 is 5.73 Å². The molecule has 1 aliphatic carbocycles. The van der Waals surface area contributed by atoms with Crippen LogP contribution in [0.2, 0.25) is 0 Å². The van der Waals surface area contributed by atoms with E-state index in [2.05, 4.69) is 10.1 Å². The molecule has 0 atom stereocenters. The minimum atomic E-state index is 0.293. The summed E-state index contributed by atoms with van der Waals surface area (Å²) in [6.07, 6.45) is 10.7. The van der Waals surface area contributed by atoms with Crippen LogP contribution in [0.1, 0.15) is 51.4 Å². The molecule has 18 heavy (non-hydrogen) atoms. The lowest BCUT2D eigenvalue weighted by Gasteiger charge is -2.32. The number of piperidine rings is 1. The van der Waals surface area contributed by atoms with E-state index in [0.717, 1.165) is 31.8 Å². The molecule has 2 fully saturated rings. The summed E-state index contributed by atoms with van der Waals surface area (Å²) in [4.78, 5) is 2.55. The smallest absolute Gasteiger partial charge is 0.142 e. The lowest BCUT2D eigenvalue weighted by atomic mass is 9.86. The second-order valence-corrected chi connectivity index (χ2v) is 5.93. The van der Waals surface area contributed by atoms with Crippen LogP contribution >= 0.6 is 0 Å². The molecule has 1 aliphatic heterocycles. The van der Waals surface area contributed by atoms with Gasteiger partial charge in [0.25, 0.3) is 0 Å². The Bertz CT molecular complexity index is 266. The van der Waals surface area contributed by atoms with Crippen molar-refractivity contribution >= 4 is 5.84 Å². The molecule has 0 unspecified atom stereocenters. The highest BCUT2D eigenvalue weighted by atomic mass is 16.4. The first-order valence-corrected chi connectivity index (χ1v) is 7.49. The van der Waals surface area contributed by atoms with Gasteiger partial charge in [0, 0.05) is 5.92 Å². The van der Waals surface area contributed by atoms with Crippen LogP contribution in [0.15, 0.2) is 5.16 Å². The molecular weight excluding hydrogens is 226 g/mol. The Kier molecular flexibility index (Phi) is 5.29. The molecule has 0 spiro atoms. The summed E-state index contributed by atoms with van der Waals surface area (Å²) in [5.41, 5.74) is 5.67. The van der Waals surface area contributed by atoms with Gasteiger partial charge in [-0.1, -0.05) is 37.3 Å².